The minimum Gasteiger partial charge on any atom is -0.466 e. The number of unbranched alkanes of at least 4 members (excludes halogenated alkanes) is 53. The van der Waals surface area contributed by atoms with Crippen molar-refractivity contribution in [2.24, 2.45) is 0 Å². The summed E-state index contributed by atoms with van der Waals surface area (Å²) in [7, 11) is 0. The van der Waals surface area contributed by atoms with E-state index in [4.69, 9.17) is 4.74 Å². The maximum absolute atomic E-state index is 12.5. The molecule has 0 aromatic carbocycles. The quantitative estimate of drug-likeness (QED) is 0.0320. The van der Waals surface area contributed by atoms with Crippen LogP contribution in [0.1, 0.15) is 406 Å². The molecule has 0 saturated heterocycles. The maximum atomic E-state index is 12.5. The van der Waals surface area contributed by atoms with E-state index in [0.29, 0.717) is 25.9 Å². The molecular weight excluding hydrogens is 971 g/mol. The van der Waals surface area contributed by atoms with Gasteiger partial charge in [0, 0.05) is 12.8 Å². The average molecular weight is 1110 g/mol. The Hall–Kier alpha value is -1.66. The second kappa shape index (κ2) is 68.8. The van der Waals surface area contributed by atoms with Gasteiger partial charge < -0.3 is 20.3 Å². The topological polar surface area (TPSA) is 95.9 Å². The van der Waals surface area contributed by atoms with Crippen LogP contribution in [0.5, 0.6) is 0 Å². The number of amides is 1. The van der Waals surface area contributed by atoms with Crippen molar-refractivity contribution in [3.05, 3.63) is 24.3 Å². The molecule has 0 aliphatic heterocycles. The van der Waals surface area contributed by atoms with Gasteiger partial charge >= 0.3 is 5.97 Å². The van der Waals surface area contributed by atoms with Crippen molar-refractivity contribution in [2.75, 3.05) is 13.2 Å². The third kappa shape index (κ3) is 65.4. The number of ether oxygens (including phenoxy) is 1. The zero-order chi connectivity index (χ0) is 57.1. The molecule has 0 heterocycles. The first-order valence-corrected chi connectivity index (χ1v) is 36.1. The van der Waals surface area contributed by atoms with E-state index >= 15 is 0 Å². The first kappa shape index (κ1) is 77.3. The smallest absolute Gasteiger partial charge is 0.305 e. The summed E-state index contributed by atoms with van der Waals surface area (Å²) in [6, 6.07) is -0.537. The van der Waals surface area contributed by atoms with Crippen molar-refractivity contribution in [1.29, 1.82) is 0 Å². The lowest BCUT2D eigenvalue weighted by molar-refractivity contribution is -0.143. The molecule has 0 spiro atoms. The molecule has 6 heteroatoms. The largest absolute Gasteiger partial charge is 0.466 e. The Morgan fingerprint density at radius 1 is 0.354 bits per heavy atom. The van der Waals surface area contributed by atoms with Gasteiger partial charge in [-0.15, -0.1) is 0 Å². The summed E-state index contributed by atoms with van der Waals surface area (Å²) in [6.45, 7) is 4.98. The van der Waals surface area contributed by atoms with E-state index in [1.807, 2.05) is 0 Å². The van der Waals surface area contributed by atoms with E-state index < -0.39 is 12.1 Å². The monoisotopic (exact) mass is 1110 g/mol. The van der Waals surface area contributed by atoms with Crippen LogP contribution in [-0.2, 0) is 14.3 Å². The molecule has 2 unspecified atom stereocenters. The van der Waals surface area contributed by atoms with Crippen LogP contribution in [0.4, 0.5) is 0 Å². The Morgan fingerprint density at radius 2 is 0.633 bits per heavy atom. The van der Waals surface area contributed by atoms with Crippen molar-refractivity contribution in [3.8, 4) is 0 Å². The zero-order valence-corrected chi connectivity index (χ0v) is 53.6. The fourth-order valence-electron chi connectivity index (χ4n) is 11.5. The van der Waals surface area contributed by atoms with Gasteiger partial charge in [0.1, 0.15) is 0 Å². The van der Waals surface area contributed by atoms with E-state index in [1.165, 1.54) is 327 Å². The van der Waals surface area contributed by atoms with Gasteiger partial charge in [0.25, 0.3) is 0 Å². The predicted molar refractivity (Wildman–Crippen MR) is 347 cm³/mol. The fourth-order valence-corrected chi connectivity index (χ4v) is 11.5. The lowest BCUT2D eigenvalue weighted by Gasteiger charge is -2.22. The molecule has 0 radical (unpaired) electrons. The van der Waals surface area contributed by atoms with E-state index in [9.17, 15) is 19.8 Å². The van der Waals surface area contributed by atoms with Crippen molar-refractivity contribution in [3.63, 3.8) is 0 Å². The van der Waals surface area contributed by atoms with Crippen LogP contribution < -0.4 is 5.32 Å². The maximum Gasteiger partial charge on any atom is 0.305 e. The fraction of sp³-hybridized carbons (Fsp3) is 0.918. The number of nitrogens with one attached hydrogen (secondary N) is 1. The molecule has 0 bridgehead atoms. The number of rotatable bonds is 68. The van der Waals surface area contributed by atoms with Crippen LogP contribution in [0.3, 0.4) is 0 Å². The molecule has 0 fully saturated rings. The van der Waals surface area contributed by atoms with E-state index in [-0.39, 0.29) is 18.5 Å². The molecule has 0 aromatic heterocycles. The molecule has 0 aliphatic carbocycles. The molecule has 0 rings (SSSR count). The standard InChI is InChI=1S/C73H141NO5/c1-3-5-7-9-11-13-15-16-43-47-51-55-59-63-67-73(78)79-68-64-60-56-52-48-44-41-39-37-35-33-31-29-27-25-23-21-19-17-18-20-22-24-26-28-30-32-34-36-38-40-42-46-50-54-58-62-66-72(77)74-70(69-75)71(76)65-61-57-53-49-45-14-12-10-8-6-4-2/h17,19,23,25,70-71,75-76H,3-16,18,20-22,24,26-69H2,1-2H3,(H,74,77)/b19-17-,25-23-. The van der Waals surface area contributed by atoms with Crippen molar-refractivity contribution < 1.29 is 24.5 Å². The molecule has 6 nitrogen and oxygen atoms in total. The van der Waals surface area contributed by atoms with Crippen LogP contribution in [0.25, 0.3) is 0 Å². The SMILES string of the molecule is CCCCCCCCCCCCCCCCC(=O)OCCCCCCCCCCCCCCC/C=C\C/C=C\CCCCCCCCCCCCCCCCCCCC(=O)NC(CO)C(O)CCCCCCCCCCCCC. The van der Waals surface area contributed by atoms with Crippen LogP contribution in [-0.4, -0.2) is 47.4 Å². The second-order valence-electron chi connectivity index (χ2n) is 24.9. The highest BCUT2D eigenvalue weighted by Crippen LogP contribution is 2.19. The minimum absolute atomic E-state index is 0.0216. The summed E-state index contributed by atoms with van der Waals surface area (Å²) in [5.74, 6) is -0.00965. The number of hydrogen-bond donors (Lipinski definition) is 3. The van der Waals surface area contributed by atoms with Gasteiger partial charge in [0.2, 0.25) is 5.91 Å². The van der Waals surface area contributed by atoms with E-state index in [2.05, 4.69) is 43.5 Å². The third-order valence-corrected chi connectivity index (χ3v) is 17.0. The Labute approximate surface area is 494 Å². The summed E-state index contributed by atoms with van der Waals surface area (Å²) in [5, 5.41) is 23.2. The highest BCUT2D eigenvalue weighted by molar-refractivity contribution is 5.76. The van der Waals surface area contributed by atoms with Gasteiger partial charge in [-0.05, 0) is 57.8 Å². The number of aliphatic hydroxyl groups excluding tert-OH is 2. The molecule has 79 heavy (non-hydrogen) atoms. The van der Waals surface area contributed by atoms with E-state index in [1.54, 1.807) is 0 Å². The van der Waals surface area contributed by atoms with Crippen molar-refractivity contribution in [1.82, 2.24) is 5.32 Å². The molecule has 0 aliphatic rings. The molecule has 1 amide bonds. The molecule has 0 aromatic rings. The summed E-state index contributed by atoms with van der Waals surface area (Å²) in [6.07, 6.45) is 86.8. The summed E-state index contributed by atoms with van der Waals surface area (Å²) in [4.78, 5) is 24.5. The Kier molecular flexibility index (Phi) is 67.4. The zero-order valence-electron chi connectivity index (χ0n) is 53.6. The van der Waals surface area contributed by atoms with Crippen molar-refractivity contribution >= 4 is 11.9 Å². The lowest BCUT2D eigenvalue weighted by Crippen LogP contribution is -2.45. The van der Waals surface area contributed by atoms with Crippen LogP contribution in [0, 0.1) is 0 Å². The van der Waals surface area contributed by atoms with Gasteiger partial charge in [0.05, 0.1) is 25.4 Å². The Balaban J connectivity index is 3.33. The summed E-state index contributed by atoms with van der Waals surface area (Å²) < 4.78 is 5.50. The minimum atomic E-state index is -0.660. The predicted octanol–water partition coefficient (Wildman–Crippen LogP) is 23.3. The van der Waals surface area contributed by atoms with Crippen molar-refractivity contribution in [2.45, 2.75) is 418 Å². The van der Waals surface area contributed by atoms with Crippen LogP contribution >= 0.6 is 0 Å². The van der Waals surface area contributed by atoms with Crippen LogP contribution in [0.2, 0.25) is 0 Å². The third-order valence-electron chi connectivity index (χ3n) is 17.0. The van der Waals surface area contributed by atoms with Gasteiger partial charge in [-0.1, -0.05) is 359 Å². The number of aliphatic hydroxyl groups is 2. The lowest BCUT2D eigenvalue weighted by atomic mass is 10.0. The molecule has 468 valence electrons. The Bertz CT molecular complexity index is 1230. The van der Waals surface area contributed by atoms with Crippen LogP contribution in [0.15, 0.2) is 24.3 Å². The number of esters is 1. The summed E-state index contributed by atoms with van der Waals surface area (Å²) >= 11 is 0. The highest BCUT2D eigenvalue weighted by Gasteiger charge is 2.20. The molecule has 3 N–H and O–H groups in total. The normalized spacial score (nSPS) is 12.6. The number of carbonyl (C=O) groups is 2. The number of carbonyl (C=O) groups excluding carboxylic acids is 2. The first-order valence-electron chi connectivity index (χ1n) is 36.1. The van der Waals surface area contributed by atoms with Gasteiger partial charge in [-0.25, -0.2) is 0 Å². The van der Waals surface area contributed by atoms with E-state index in [0.717, 1.165) is 44.9 Å². The van der Waals surface area contributed by atoms with Gasteiger partial charge in [0.15, 0.2) is 0 Å². The second-order valence-corrected chi connectivity index (χ2v) is 24.9. The number of allylic oxidation sites excluding steroid dienone is 4. The summed E-state index contributed by atoms with van der Waals surface area (Å²) in [5.41, 5.74) is 0. The first-order chi connectivity index (χ1) is 39.0. The number of hydrogen-bond acceptors (Lipinski definition) is 5. The Morgan fingerprint density at radius 3 is 0.962 bits per heavy atom. The van der Waals surface area contributed by atoms with Gasteiger partial charge in [-0.2, -0.15) is 0 Å². The average Bonchev–Trinajstić information content (AvgIpc) is 3.45. The molecule has 2 atom stereocenters. The molecular formula is C73H141NO5. The molecule has 0 saturated carbocycles. The highest BCUT2D eigenvalue weighted by atomic mass is 16.5. The van der Waals surface area contributed by atoms with Gasteiger partial charge in [-0.3, -0.25) is 9.59 Å².